The highest BCUT2D eigenvalue weighted by Crippen LogP contribution is 2.45. The van der Waals surface area contributed by atoms with Crippen LogP contribution < -0.4 is 14.5 Å². The number of carbonyl (C=O) groups excluding carboxylic acids is 2. The van der Waals surface area contributed by atoms with Crippen molar-refractivity contribution in [3.63, 3.8) is 0 Å². The Kier molecular flexibility index (Phi) is 7.45. The van der Waals surface area contributed by atoms with Gasteiger partial charge >= 0.3 is 0 Å². The van der Waals surface area contributed by atoms with E-state index in [2.05, 4.69) is 18.7 Å². The minimum atomic E-state index is -0.941. The lowest BCUT2D eigenvalue weighted by Gasteiger charge is -2.27. The Morgan fingerprint density at radius 3 is 2.22 bits per heavy atom. The highest BCUT2D eigenvalue weighted by Gasteiger charge is 2.47. The SMILES string of the molecule is CCN(CC)c1ccc(N2C(=O)C(=O)/C(=C(/O)c3cc(C)cc(Cl)c3OC)C2c2ccc(O)cc2)cc1. The fraction of sp³-hybridized carbons (Fsp3) is 0.241. The van der Waals surface area contributed by atoms with Gasteiger partial charge in [0.15, 0.2) is 0 Å². The predicted octanol–water partition coefficient (Wildman–Crippen LogP) is 5.84. The zero-order chi connectivity index (χ0) is 26.9. The molecule has 0 aliphatic carbocycles. The molecule has 0 spiro atoms. The quantitative estimate of drug-likeness (QED) is 0.231. The number of nitrogens with zero attached hydrogens (tertiary/aromatic N) is 2. The lowest BCUT2D eigenvalue weighted by Crippen LogP contribution is -2.29. The highest BCUT2D eigenvalue weighted by molar-refractivity contribution is 6.51. The first-order valence-electron chi connectivity index (χ1n) is 12.0. The molecule has 1 aliphatic rings. The molecule has 1 fully saturated rings. The maximum atomic E-state index is 13.5. The van der Waals surface area contributed by atoms with Gasteiger partial charge in [0.2, 0.25) is 0 Å². The molecule has 1 heterocycles. The third kappa shape index (κ3) is 4.74. The molecule has 0 saturated carbocycles. The number of anilines is 2. The molecule has 0 aromatic heterocycles. The molecule has 8 heteroatoms. The summed E-state index contributed by atoms with van der Waals surface area (Å²) in [4.78, 5) is 30.4. The first-order chi connectivity index (χ1) is 17.7. The smallest absolute Gasteiger partial charge is 0.300 e. The van der Waals surface area contributed by atoms with E-state index >= 15 is 0 Å². The third-order valence-electron chi connectivity index (χ3n) is 6.56. The van der Waals surface area contributed by atoms with Gasteiger partial charge in [0.25, 0.3) is 11.7 Å². The number of amides is 1. The minimum absolute atomic E-state index is 0.0383. The first-order valence-corrected chi connectivity index (χ1v) is 12.4. The molecule has 4 rings (SSSR count). The van der Waals surface area contributed by atoms with Crippen LogP contribution in [0.3, 0.4) is 0 Å². The summed E-state index contributed by atoms with van der Waals surface area (Å²) >= 11 is 6.36. The lowest BCUT2D eigenvalue weighted by atomic mass is 9.94. The van der Waals surface area contributed by atoms with Gasteiger partial charge in [-0.3, -0.25) is 14.5 Å². The number of methoxy groups -OCH3 is 1. The van der Waals surface area contributed by atoms with E-state index in [9.17, 15) is 19.8 Å². The Morgan fingerprint density at radius 2 is 1.65 bits per heavy atom. The van der Waals surface area contributed by atoms with Crippen molar-refractivity contribution in [3.05, 3.63) is 87.9 Å². The van der Waals surface area contributed by atoms with Crippen molar-refractivity contribution < 1.29 is 24.5 Å². The fourth-order valence-corrected chi connectivity index (χ4v) is 5.09. The topological polar surface area (TPSA) is 90.3 Å². The molecule has 1 aliphatic heterocycles. The fourth-order valence-electron chi connectivity index (χ4n) is 4.74. The van der Waals surface area contributed by atoms with Crippen molar-refractivity contribution in [2.24, 2.45) is 0 Å². The van der Waals surface area contributed by atoms with Crippen molar-refractivity contribution in [3.8, 4) is 11.5 Å². The average molecular weight is 521 g/mol. The van der Waals surface area contributed by atoms with Crippen molar-refractivity contribution in [2.45, 2.75) is 26.8 Å². The van der Waals surface area contributed by atoms with Gasteiger partial charge in [0.05, 0.1) is 29.3 Å². The maximum absolute atomic E-state index is 13.5. The molecule has 3 aromatic carbocycles. The predicted molar refractivity (Wildman–Crippen MR) is 146 cm³/mol. The number of ether oxygens (including phenoxy) is 1. The van der Waals surface area contributed by atoms with Crippen LogP contribution in [0.4, 0.5) is 11.4 Å². The summed E-state index contributed by atoms with van der Waals surface area (Å²) in [5.41, 5.74) is 2.91. The van der Waals surface area contributed by atoms with Crippen molar-refractivity contribution in [2.75, 3.05) is 30.0 Å². The molecule has 7 nitrogen and oxygen atoms in total. The van der Waals surface area contributed by atoms with Gasteiger partial charge in [-0.2, -0.15) is 0 Å². The van der Waals surface area contributed by atoms with E-state index in [0.717, 1.165) is 24.3 Å². The number of Topliss-reactive ketones (excluding diaryl/α,β-unsaturated/α-hetero) is 1. The number of rotatable bonds is 7. The molecule has 0 bridgehead atoms. The number of carbonyl (C=O) groups is 2. The number of aliphatic hydroxyl groups excluding tert-OH is 1. The molecule has 1 saturated heterocycles. The van der Waals surface area contributed by atoms with Gasteiger partial charge in [0.1, 0.15) is 17.3 Å². The molecule has 0 radical (unpaired) electrons. The number of halogens is 1. The number of phenols is 1. The van der Waals surface area contributed by atoms with E-state index in [4.69, 9.17) is 16.3 Å². The second-order valence-electron chi connectivity index (χ2n) is 8.78. The van der Waals surface area contributed by atoms with E-state index in [-0.39, 0.29) is 33.4 Å². The molecule has 192 valence electrons. The van der Waals surface area contributed by atoms with Crippen molar-refractivity contribution in [1.82, 2.24) is 0 Å². The molecule has 37 heavy (non-hydrogen) atoms. The van der Waals surface area contributed by atoms with Gasteiger partial charge in [-0.15, -0.1) is 0 Å². The van der Waals surface area contributed by atoms with E-state index in [1.54, 1.807) is 43.3 Å². The zero-order valence-electron chi connectivity index (χ0n) is 21.2. The molecular weight excluding hydrogens is 492 g/mol. The van der Waals surface area contributed by atoms with Crippen LogP contribution in [0.1, 0.15) is 36.6 Å². The summed E-state index contributed by atoms with van der Waals surface area (Å²) in [5, 5.41) is 21.6. The van der Waals surface area contributed by atoms with Gasteiger partial charge < -0.3 is 19.8 Å². The van der Waals surface area contributed by atoms with Crippen LogP contribution in [0.15, 0.2) is 66.2 Å². The second kappa shape index (κ2) is 10.6. The van der Waals surface area contributed by atoms with E-state index in [1.807, 2.05) is 12.1 Å². The summed E-state index contributed by atoms with van der Waals surface area (Å²) in [7, 11) is 1.42. The number of ketones is 1. The molecule has 1 atom stereocenters. The van der Waals surface area contributed by atoms with Crippen LogP contribution >= 0.6 is 11.6 Å². The Balaban J connectivity index is 1.93. The van der Waals surface area contributed by atoms with Crippen LogP contribution in [0.25, 0.3) is 5.76 Å². The first kappa shape index (κ1) is 26.1. The van der Waals surface area contributed by atoms with Gasteiger partial charge in [-0.05, 0) is 80.4 Å². The second-order valence-corrected chi connectivity index (χ2v) is 9.18. The summed E-state index contributed by atoms with van der Waals surface area (Å²) in [6.45, 7) is 7.58. The normalized spacial score (nSPS) is 16.8. The third-order valence-corrected chi connectivity index (χ3v) is 6.84. The average Bonchev–Trinajstić information content (AvgIpc) is 3.15. The minimum Gasteiger partial charge on any atom is -0.508 e. The van der Waals surface area contributed by atoms with Crippen LogP contribution in [0.2, 0.25) is 5.02 Å². The standard InChI is InChI=1S/C29H29ClN2O5/c1-5-31(6-2)19-9-11-20(12-10-19)32-25(18-7-13-21(33)14-8-18)24(27(35)29(32)36)26(34)22-15-17(3)16-23(30)28(22)37-4/h7-16,25,33-34H,5-6H2,1-4H3/b26-24+. The van der Waals surface area contributed by atoms with Crippen LogP contribution in [-0.2, 0) is 9.59 Å². The number of aryl methyl sites for hydroxylation is 1. The van der Waals surface area contributed by atoms with Crippen molar-refractivity contribution >= 4 is 40.4 Å². The number of aliphatic hydroxyl groups is 1. The summed E-state index contributed by atoms with van der Waals surface area (Å²) in [5.74, 6) is -1.75. The summed E-state index contributed by atoms with van der Waals surface area (Å²) < 4.78 is 5.43. The maximum Gasteiger partial charge on any atom is 0.300 e. The molecule has 3 aromatic rings. The van der Waals surface area contributed by atoms with Crippen molar-refractivity contribution in [1.29, 1.82) is 0 Å². The summed E-state index contributed by atoms with van der Waals surface area (Å²) in [6.07, 6.45) is 0. The number of benzene rings is 3. The van der Waals surface area contributed by atoms with Crippen LogP contribution in [0, 0.1) is 6.92 Å². The molecule has 1 amide bonds. The number of hydrogen-bond donors (Lipinski definition) is 2. The Bertz CT molecular complexity index is 1360. The highest BCUT2D eigenvalue weighted by atomic mass is 35.5. The molecular formula is C29H29ClN2O5. The Labute approximate surface area is 221 Å². The van der Waals surface area contributed by atoms with Gasteiger partial charge in [0, 0.05) is 24.5 Å². The molecule has 2 N–H and O–H groups in total. The Morgan fingerprint density at radius 1 is 1.03 bits per heavy atom. The Hall–Kier alpha value is -3.97. The number of phenolic OH excluding ortho intramolecular Hbond substituents is 1. The molecule has 1 unspecified atom stereocenters. The largest absolute Gasteiger partial charge is 0.508 e. The van der Waals surface area contributed by atoms with Gasteiger partial charge in [-0.25, -0.2) is 0 Å². The van der Waals surface area contributed by atoms with E-state index < -0.39 is 17.7 Å². The van der Waals surface area contributed by atoms with E-state index in [1.165, 1.54) is 24.1 Å². The summed E-state index contributed by atoms with van der Waals surface area (Å²) in [6, 6.07) is 16.0. The monoisotopic (exact) mass is 520 g/mol. The van der Waals surface area contributed by atoms with Gasteiger partial charge in [-0.1, -0.05) is 23.7 Å². The number of aromatic hydroxyl groups is 1. The lowest BCUT2D eigenvalue weighted by molar-refractivity contribution is -0.132. The van der Waals surface area contributed by atoms with Crippen LogP contribution in [0.5, 0.6) is 11.5 Å². The number of hydrogen-bond acceptors (Lipinski definition) is 6. The van der Waals surface area contributed by atoms with E-state index in [0.29, 0.717) is 11.3 Å². The van der Waals surface area contributed by atoms with Crippen LogP contribution in [-0.4, -0.2) is 42.1 Å². The zero-order valence-corrected chi connectivity index (χ0v) is 21.9.